The number of rotatable bonds is 1. The highest BCUT2D eigenvalue weighted by atomic mass is 16.6. The zero-order chi connectivity index (χ0) is 13.3. The molecular formula is C13H25NO3. The van der Waals surface area contributed by atoms with E-state index in [-0.39, 0.29) is 5.92 Å². The number of carbonyl (C=O) groups is 1. The molecule has 1 fully saturated rings. The molecule has 0 aromatic heterocycles. The third kappa shape index (κ3) is 3.60. The van der Waals surface area contributed by atoms with Gasteiger partial charge in [-0.25, -0.2) is 4.79 Å². The highest BCUT2D eigenvalue weighted by Crippen LogP contribution is 2.33. The molecule has 1 saturated carbocycles. The number of alkyl carbamates (subject to hydrolysis) is 1. The molecule has 3 atom stereocenters. The van der Waals surface area contributed by atoms with Crippen molar-refractivity contribution in [1.82, 2.24) is 5.32 Å². The van der Waals surface area contributed by atoms with E-state index in [1.165, 1.54) is 0 Å². The van der Waals surface area contributed by atoms with Gasteiger partial charge in [-0.15, -0.1) is 0 Å². The summed E-state index contributed by atoms with van der Waals surface area (Å²) in [5, 5.41) is 12.9. The highest BCUT2D eigenvalue weighted by molar-refractivity contribution is 5.69. The molecule has 4 heteroatoms. The standard InChI is InChI=1S/C13H25NO3/c1-9-7-6-8-10(15)13(9,5)14-11(16)17-12(2,3)4/h9-10,15H,6-8H2,1-5H3,(H,14,16). The first-order valence-electron chi connectivity index (χ1n) is 6.34. The summed E-state index contributed by atoms with van der Waals surface area (Å²) in [4.78, 5) is 11.8. The Bertz CT molecular complexity index is 273. The molecule has 17 heavy (non-hydrogen) atoms. The summed E-state index contributed by atoms with van der Waals surface area (Å²) < 4.78 is 5.24. The molecule has 0 bridgehead atoms. The molecule has 2 N–H and O–H groups in total. The molecule has 3 unspecified atom stereocenters. The minimum absolute atomic E-state index is 0.249. The predicted octanol–water partition coefficient (Wildman–Crippen LogP) is 2.45. The first kappa shape index (κ1) is 14.3. The van der Waals surface area contributed by atoms with Crippen molar-refractivity contribution in [2.75, 3.05) is 0 Å². The Hall–Kier alpha value is -0.770. The van der Waals surface area contributed by atoms with Gasteiger partial charge >= 0.3 is 6.09 Å². The second-order valence-corrected chi connectivity index (χ2v) is 6.26. The third-order valence-corrected chi connectivity index (χ3v) is 3.60. The van der Waals surface area contributed by atoms with Crippen molar-refractivity contribution >= 4 is 6.09 Å². The normalized spacial score (nSPS) is 34.2. The molecule has 0 spiro atoms. The first-order valence-corrected chi connectivity index (χ1v) is 6.34. The Morgan fingerprint density at radius 2 is 2.00 bits per heavy atom. The first-order chi connectivity index (χ1) is 7.65. The Kier molecular flexibility index (Phi) is 4.07. The van der Waals surface area contributed by atoms with E-state index in [1.54, 1.807) is 0 Å². The lowest BCUT2D eigenvalue weighted by Gasteiger charge is -2.44. The van der Waals surface area contributed by atoms with Gasteiger partial charge in [-0.3, -0.25) is 0 Å². The van der Waals surface area contributed by atoms with E-state index in [4.69, 9.17) is 4.74 Å². The van der Waals surface area contributed by atoms with E-state index < -0.39 is 23.3 Å². The molecule has 1 amide bonds. The second kappa shape index (κ2) is 4.84. The maximum atomic E-state index is 11.8. The lowest BCUT2D eigenvalue weighted by Crippen LogP contribution is -2.60. The van der Waals surface area contributed by atoms with Crippen molar-refractivity contribution in [3.63, 3.8) is 0 Å². The minimum atomic E-state index is -0.583. The van der Waals surface area contributed by atoms with E-state index in [1.807, 2.05) is 27.7 Å². The molecule has 0 saturated heterocycles. The SMILES string of the molecule is CC1CCCC(O)C1(C)NC(=O)OC(C)(C)C. The van der Waals surface area contributed by atoms with Crippen LogP contribution in [-0.4, -0.2) is 28.4 Å². The highest BCUT2D eigenvalue weighted by Gasteiger charge is 2.42. The fourth-order valence-electron chi connectivity index (χ4n) is 2.28. The van der Waals surface area contributed by atoms with Crippen molar-refractivity contribution < 1.29 is 14.6 Å². The Balaban J connectivity index is 2.67. The maximum absolute atomic E-state index is 11.8. The summed E-state index contributed by atoms with van der Waals surface area (Å²) in [5.74, 6) is 0.249. The number of aliphatic hydroxyl groups is 1. The van der Waals surface area contributed by atoms with Crippen molar-refractivity contribution in [2.45, 2.75) is 71.1 Å². The van der Waals surface area contributed by atoms with Gasteiger partial charge in [0.2, 0.25) is 0 Å². The van der Waals surface area contributed by atoms with Gasteiger partial charge in [0.05, 0.1) is 11.6 Å². The lowest BCUT2D eigenvalue weighted by atomic mass is 9.73. The molecule has 0 aromatic carbocycles. The van der Waals surface area contributed by atoms with Crippen LogP contribution in [0.15, 0.2) is 0 Å². The van der Waals surface area contributed by atoms with Crippen molar-refractivity contribution in [3.8, 4) is 0 Å². The molecule has 100 valence electrons. The Labute approximate surface area is 104 Å². The van der Waals surface area contributed by atoms with Gasteiger partial charge in [0.15, 0.2) is 0 Å². The van der Waals surface area contributed by atoms with Gasteiger partial charge in [0.25, 0.3) is 0 Å². The smallest absolute Gasteiger partial charge is 0.408 e. The van der Waals surface area contributed by atoms with Crippen LogP contribution < -0.4 is 5.32 Å². The van der Waals surface area contributed by atoms with Crippen LogP contribution >= 0.6 is 0 Å². The predicted molar refractivity (Wildman–Crippen MR) is 66.8 cm³/mol. The third-order valence-electron chi connectivity index (χ3n) is 3.60. The zero-order valence-electron chi connectivity index (χ0n) is 11.5. The quantitative estimate of drug-likeness (QED) is 0.743. The molecular weight excluding hydrogens is 218 g/mol. The number of ether oxygens (including phenoxy) is 1. The van der Waals surface area contributed by atoms with Gasteiger partial charge in [0, 0.05) is 0 Å². The van der Waals surface area contributed by atoms with Crippen LogP contribution in [0.1, 0.15) is 53.9 Å². The fraction of sp³-hybridized carbons (Fsp3) is 0.923. The molecule has 0 heterocycles. The molecule has 0 radical (unpaired) electrons. The van der Waals surface area contributed by atoms with E-state index in [2.05, 4.69) is 12.2 Å². The number of hydrogen-bond acceptors (Lipinski definition) is 3. The van der Waals surface area contributed by atoms with Gasteiger partial charge in [-0.1, -0.05) is 13.3 Å². The summed E-state index contributed by atoms with van der Waals surface area (Å²) in [7, 11) is 0. The van der Waals surface area contributed by atoms with E-state index >= 15 is 0 Å². The average Bonchev–Trinajstić information content (AvgIpc) is 2.11. The van der Waals surface area contributed by atoms with Gasteiger partial charge < -0.3 is 15.2 Å². The molecule has 0 aliphatic heterocycles. The van der Waals surface area contributed by atoms with Crippen LogP contribution in [0, 0.1) is 5.92 Å². The summed E-state index contributed by atoms with van der Waals surface area (Å²) >= 11 is 0. The van der Waals surface area contributed by atoms with Crippen LogP contribution in [0.3, 0.4) is 0 Å². The molecule has 4 nitrogen and oxygen atoms in total. The van der Waals surface area contributed by atoms with Crippen LogP contribution in [0.5, 0.6) is 0 Å². The monoisotopic (exact) mass is 243 g/mol. The van der Waals surface area contributed by atoms with E-state index in [0.29, 0.717) is 0 Å². The molecule has 1 aliphatic rings. The van der Waals surface area contributed by atoms with Crippen LogP contribution in [0.25, 0.3) is 0 Å². The minimum Gasteiger partial charge on any atom is -0.444 e. The largest absolute Gasteiger partial charge is 0.444 e. The molecule has 1 rings (SSSR count). The van der Waals surface area contributed by atoms with Gasteiger partial charge in [-0.2, -0.15) is 0 Å². The van der Waals surface area contributed by atoms with Crippen LogP contribution in [0.4, 0.5) is 4.79 Å². The summed E-state index contributed by atoms with van der Waals surface area (Å²) in [6.45, 7) is 9.44. The van der Waals surface area contributed by atoms with Gasteiger partial charge in [0.1, 0.15) is 5.60 Å². The fourth-order valence-corrected chi connectivity index (χ4v) is 2.28. The number of hydrogen-bond donors (Lipinski definition) is 2. The topological polar surface area (TPSA) is 58.6 Å². The zero-order valence-corrected chi connectivity index (χ0v) is 11.5. The van der Waals surface area contributed by atoms with E-state index in [9.17, 15) is 9.90 Å². The Morgan fingerprint density at radius 1 is 1.41 bits per heavy atom. The van der Waals surface area contributed by atoms with Gasteiger partial charge in [-0.05, 0) is 46.5 Å². The summed E-state index contributed by atoms with van der Waals surface area (Å²) in [6.07, 6.45) is 1.81. The summed E-state index contributed by atoms with van der Waals surface area (Å²) in [6, 6.07) is 0. The molecule has 0 aromatic rings. The summed E-state index contributed by atoms with van der Waals surface area (Å²) in [5.41, 5.74) is -1.09. The van der Waals surface area contributed by atoms with Crippen LogP contribution in [-0.2, 0) is 4.74 Å². The second-order valence-electron chi connectivity index (χ2n) is 6.26. The number of aliphatic hydroxyl groups excluding tert-OH is 1. The van der Waals surface area contributed by atoms with Crippen molar-refractivity contribution in [3.05, 3.63) is 0 Å². The average molecular weight is 243 g/mol. The Morgan fingerprint density at radius 3 is 2.47 bits per heavy atom. The number of nitrogens with one attached hydrogen (secondary N) is 1. The lowest BCUT2D eigenvalue weighted by molar-refractivity contribution is -0.0123. The number of amides is 1. The van der Waals surface area contributed by atoms with Crippen LogP contribution in [0.2, 0.25) is 0 Å². The van der Waals surface area contributed by atoms with Crippen molar-refractivity contribution in [1.29, 1.82) is 0 Å². The molecule has 1 aliphatic carbocycles. The van der Waals surface area contributed by atoms with E-state index in [0.717, 1.165) is 19.3 Å². The van der Waals surface area contributed by atoms with Crippen molar-refractivity contribution in [2.24, 2.45) is 5.92 Å². The maximum Gasteiger partial charge on any atom is 0.408 e. The number of carbonyl (C=O) groups excluding carboxylic acids is 1.